The Labute approximate surface area is 252 Å². The smallest absolute Gasteiger partial charge is 0.255 e. The number of aromatic nitrogens is 1. The highest BCUT2D eigenvalue weighted by molar-refractivity contribution is 6.30. The maximum absolute atomic E-state index is 14.1. The van der Waals surface area contributed by atoms with E-state index in [2.05, 4.69) is 70.1 Å². The Morgan fingerprint density at radius 3 is 1.93 bits per heavy atom. The second kappa shape index (κ2) is 12.3. The topological polar surface area (TPSA) is 37.7 Å². The third-order valence-electron chi connectivity index (χ3n) is 8.14. The number of carbonyl (C=O) groups excluding carboxylic acids is 1. The highest BCUT2D eigenvalue weighted by atomic mass is 35.5. The van der Waals surface area contributed by atoms with Crippen molar-refractivity contribution < 1.29 is 9.53 Å². The summed E-state index contributed by atoms with van der Waals surface area (Å²) < 4.78 is 7.83. The molecule has 0 aliphatic carbocycles. The molecule has 5 nitrogen and oxygen atoms in total. The molecule has 0 saturated carbocycles. The van der Waals surface area contributed by atoms with E-state index >= 15 is 0 Å². The van der Waals surface area contributed by atoms with E-state index in [9.17, 15) is 4.79 Å². The van der Waals surface area contributed by atoms with Gasteiger partial charge in [-0.05, 0) is 53.9 Å². The van der Waals surface area contributed by atoms with E-state index in [1.54, 1.807) is 7.11 Å². The Kier molecular flexibility index (Phi) is 8.13. The van der Waals surface area contributed by atoms with Crippen LogP contribution in [-0.2, 0) is 0 Å². The summed E-state index contributed by atoms with van der Waals surface area (Å²) in [5.41, 5.74) is 6.89. The zero-order chi connectivity index (χ0) is 29.1. The summed E-state index contributed by atoms with van der Waals surface area (Å²) in [7, 11) is 1.67. The van der Waals surface area contributed by atoms with Crippen molar-refractivity contribution in [3.63, 3.8) is 0 Å². The Bertz CT molecular complexity index is 1620. The number of benzene rings is 4. The molecule has 1 saturated heterocycles. The maximum atomic E-state index is 14.1. The minimum Gasteiger partial charge on any atom is -0.495 e. The van der Waals surface area contributed by atoms with Gasteiger partial charge in [0.25, 0.3) is 5.91 Å². The lowest BCUT2D eigenvalue weighted by Gasteiger charge is -2.39. The number of amides is 1. The van der Waals surface area contributed by atoms with E-state index in [0.29, 0.717) is 23.7 Å². The minimum atomic E-state index is 0.0481. The third kappa shape index (κ3) is 5.46. The molecule has 0 atom stereocenters. The monoisotopic (exact) mass is 575 g/mol. The molecule has 212 valence electrons. The van der Waals surface area contributed by atoms with Crippen LogP contribution in [0.1, 0.15) is 33.2 Å². The molecule has 0 unspecified atom stereocenters. The molecule has 5 aromatic rings. The molecule has 4 aromatic carbocycles. The number of ether oxygens (including phenoxy) is 1. The summed E-state index contributed by atoms with van der Waals surface area (Å²) in [5.74, 6) is 0.791. The van der Waals surface area contributed by atoms with Gasteiger partial charge in [0.15, 0.2) is 0 Å². The van der Waals surface area contributed by atoms with Gasteiger partial charge in [-0.25, -0.2) is 0 Å². The Hall–Kier alpha value is -4.32. The fraction of sp³-hybridized carbons (Fsp3) is 0.194. The van der Waals surface area contributed by atoms with Gasteiger partial charge in [0.05, 0.1) is 30.1 Å². The highest BCUT2D eigenvalue weighted by Crippen LogP contribution is 2.35. The Morgan fingerprint density at radius 2 is 1.33 bits per heavy atom. The number of carbonyl (C=O) groups is 1. The predicted molar refractivity (Wildman–Crippen MR) is 170 cm³/mol. The van der Waals surface area contributed by atoms with Crippen molar-refractivity contribution in [3.05, 3.63) is 143 Å². The lowest BCUT2D eigenvalue weighted by Crippen LogP contribution is -2.50. The van der Waals surface area contributed by atoms with Crippen LogP contribution in [-0.4, -0.2) is 53.6 Å². The van der Waals surface area contributed by atoms with Crippen LogP contribution in [0, 0.1) is 6.92 Å². The summed E-state index contributed by atoms with van der Waals surface area (Å²) in [6.45, 7) is 4.90. The first kappa shape index (κ1) is 27.8. The molecular weight excluding hydrogens is 542 g/mol. The first-order chi connectivity index (χ1) is 20.5. The summed E-state index contributed by atoms with van der Waals surface area (Å²) in [6, 6.07) is 39.1. The highest BCUT2D eigenvalue weighted by Gasteiger charge is 2.30. The van der Waals surface area contributed by atoms with Gasteiger partial charge in [0.1, 0.15) is 5.75 Å². The molecular formula is C36H34ClN3O2. The number of nitrogens with zero attached hydrogens (tertiary/aromatic N) is 3. The molecule has 42 heavy (non-hydrogen) atoms. The number of rotatable bonds is 7. The van der Waals surface area contributed by atoms with E-state index in [1.165, 1.54) is 11.1 Å². The lowest BCUT2D eigenvalue weighted by atomic mass is 9.96. The minimum absolute atomic E-state index is 0.0481. The van der Waals surface area contributed by atoms with Crippen molar-refractivity contribution in [2.75, 3.05) is 33.3 Å². The number of hydrogen-bond acceptors (Lipinski definition) is 3. The van der Waals surface area contributed by atoms with Gasteiger partial charge >= 0.3 is 0 Å². The molecule has 6 rings (SSSR count). The molecule has 1 amide bonds. The molecule has 0 spiro atoms. The standard InChI is InChI=1S/C36H34ClN3O2/c1-26-31(25-33(27-17-19-30(37)20-18-27)40(26)32-15-9-10-16-34(32)42-2)36(41)39-23-21-38(22-24-39)35(28-11-5-3-6-12-28)29-13-7-4-8-14-29/h3-20,25,35H,21-24H2,1-2H3. The second-order valence-corrected chi connectivity index (χ2v) is 11.0. The van der Waals surface area contributed by atoms with E-state index in [1.807, 2.05) is 66.4 Å². The van der Waals surface area contributed by atoms with Crippen LogP contribution in [0.3, 0.4) is 0 Å². The lowest BCUT2D eigenvalue weighted by molar-refractivity contribution is 0.0596. The fourth-order valence-corrected chi connectivity index (χ4v) is 6.15. The molecule has 1 aliphatic heterocycles. The van der Waals surface area contributed by atoms with Gasteiger partial charge in [-0.2, -0.15) is 0 Å². The van der Waals surface area contributed by atoms with E-state index in [-0.39, 0.29) is 11.9 Å². The molecule has 0 N–H and O–H groups in total. The van der Waals surface area contributed by atoms with Crippen molar-refractivity contribution in [1.29, 1.82) is 0 Å². The molecule has 1 aromatic heterocycles. The normalized spacial score (nSPS) is 13.9. The van der Waals surface area contributed by atoms with Crippen molar-refractivity contribution >= 4 is 17.5 Å². The van der Waals surface area contributed by atoms with Gasteiger partial charge in [-0.3, -0.25) is 9.69 Å². The van der Waals surface area contributed by atoms with E-state index in [0.717, 1.165) is 41.5 Å². The molecule has 1 fully saturated rings. The van der Waals surface area contributed by atoms with Crippen molar-refractivity contribution in [2.24, 2.45) is 0 Å². The van der Waals surface area contributed by atoms with Crippen LogP contribution in [0.4, 0.5) is 0 Å². The summed E-state index contributed by atoms with van der Waals surface area (Å²) >= 11 is 6.21. The summed E-state index contributed by atoms with van der Waals surface area (Å²) in [4.78, 5) is 18.6. The summed E-state index contributed by atoms with van der Waals surface area (Å²) in [5, 5.41) is 0.671. The molecule has 1 aliphatic rings. The largest absolute Gasteiger partial charge is 0.495 e. The number of methoxy groups -OCH3 is 1. The van der Waals surface area contributed by atoms with Gasteiger partial charge in [-0.1, -0.05) is 96.5 Å². The van der Waals surface area contributed by atoms with Crippen LogP contribution < -0.4 is 4.74 Å². The summed E-state index contributed by atoms with van der Waals surface area (Å²) in [6.07, 6.45) is 0. The van der Waals surface area contributed by atoms with Gasteiger partial charge in [-0.15, -0.1) is 0 Å². The SMILES string of the molecule is COc1ccccc1-n1c(-c2ccc(Cl)cc2)cc(C(=O)N2CCN(C(c3ccccc3)c3ccccc3)CC2)c1C. The van der Waals surface area contributed by atoms with Crippen LogP contribution in [0.25, 0.3) is 16.9 Å². The number of hydrogen-bond donors (Lipinski definition) is 0. The van der Waals surface area contributed by atoms with Gasteiger partial charge in [0, 0.05) is 36.9 Å². The Balaban J connectivity index is 1.30. The molecule has 2 heterocycles. The second-order valence-electron chi connectivity index (χ2n) is 10.6. The quantitative estimate of drug-likeness (QED) is 0.200. The molecule has 0 radical (unpaired) electrons. The van der Waals surface area contributed by atoms with Crippen molar-refractivity contribution in [1.82, 2.24) is 14.4 Å². The maximum Gasteiger partial charge on any atom is 0.255 e. The van der Waals surface area contributed by atoms with E-state index in [4.69, 9.17) is 16.3 Å². The van der Waals surface area contributed by atoms with Gasteiger partial charge < -0.3 is 14.2 Å². The number of para-hydroxylation sites is 2. The first-order valence-electron chi connectivity index (χ1n) is 14.3. The van der Waals surface area contributed by atoms with Crippen LogP contribution in [0.5, 0.6) is 5.75 Å². The number of piperazine rings is 1. The predicted octanol–water partition coefficient (Wildman–Crippen LogP) is 7.66. The van der Waals surface area contributed by atoms with Crippen LogP contribution in [0.15, 0.2) is 115 Å². The van der Waals surface area contributed by atoms with Gasteiger partial charge in [0.2, 0.25) is 0 Å². The van der Waals surface area contributed by atoms with Crippen LogP contribution >= 0.6 is 11.6 Å². The molecule has 0 bridgehead atoms. The number of halogens is 1. The van der Waals surface area contributed by atoms with Crippen molar-refractivity contribution in [2.45, 2.75) is 13.0 Å². The third-order valence-corrected chi connectivity index (χ3v) is 8.39. The van der Waals surface area contributed by atoms with E-state index < -0.39 is 0 Å². The first-order valence-corrected chi connectivity index (χ1v) is 14.7. The Morgan fingerprint density at radius 1 is 0.762 bits per heavy atom. The van der Waals surface area contributed by atoms with Crippen LogP contribution in [0.2, 0.25) is 5.02 Å². The average molecular weight is 576 g/mol. The molecule has 6 heteroatoms. The zero-order valence-corrected chi connectivity index (χ0v) is 24.7. The zero-order valence-electron chi connectivity index (χ0n) is 23.9. The average Bonchev–Trinajstić information content (AvgIpc) is 3.39. The fourth-order valence-electron chi connectivity index (χ4n) is 6.02. The van der Waals surface area contributed by atoms with Crippen molar-refractivity contribution in [3.8, 4) is 22.7 Å².